The summed E-state index contributed by atoms with van der Waals surface area (Å²) in [5.41, 5.74) is 2.56. The van der Waals surface area contributed by atoms with Crippen LogP contribution >= 0.6 is 0 Å². The van der Waals surface area contributed by atoms with Crippen molar-refractivity contribution in [3.63, 3.8) is 0 Å². The van der Waals surface area contributed by atoms with Crippen molar-refractivity contribution in [2.75, 3.05) is 0 Å². The Bertz CT molecular complexity index is 316. The number of hydrogen-bond donors (Lipinski definition) is 1. The van der Waals surface area contributed by atoms with Crippen molar-refractivity contribution >= 4 is 0 Å². The first-order chi connectivity index (χ1) is 5.62. The summed E-state index contributed by atoms with van der Waals surface area (Å²) in [5.74, 6) is 0. The highest BCUT2D eigenvalue weighted by Crippen LogP contribution is 2.46. The Morgan fingerprint density at radius 3 is 2.67 bits per heavy atom. The zero-order chi connectivity index (χ0) is 8.77. The average molecular weight is 163 g/mol. The first-order valence-corrected chi connectivity index (χ1v) is 4.28. The summed E-state index contributed by atoms with van der Waals surface area (Å²) in [6.45, 7) is 3.95. The Labute approximate surface area is 72.3 Å². The smallest absolute Gasteiger partial charge is 0.0916 e. The molecule has 0 atom stereocenters. The minimum absolute atomic E-state index is 0.539. The summed E-state index contributed by atoms with van der Waals surface area (Å²) in [7, 11) is 0. The van der Waals surface area contributed by atoms with E-state index >= 15 is 0 Å². The van der Waals surface area contributed by atoms with E-state index < -0.39 is 5.60 Å². The third kappa shape index (κ3) is 1.12. The molecule has 0 amide bonds. The molecule has 64 valence electrons. The average Bonchev–Trinajstić information content (AvgIpc) is 2.75. The SMILES string of the molecule is Cc1cnc(C)c(C2(O)CC2)c1. The van der Waals surface area contributed by atoms with Gasteiger partial charge in [-0.15, -0.1) is 0 Å². The summed E-state index contributed by atoms with van der Waals surface area (Å²) in [5, 5.41) is 9.87. The van der Waals surface area contributed by atoms with Gasteiger partial charge in [-0.25, -0.2) is 0 Å². The van der Waals surface area contributed by atoms with Crippen LogP contribution < -0.4 is 0 Å². The number of aromatic nitrogens is 1. The molecule has 1 aliphatic rings. The van der Waals surface area contributed by atoms with E-state index in [1.165, 1.54) is 0 Å². The van der Waals surface area contributed by atoms with Gasteiger partial charge in [-0.2, -0.15) is 0 Å². The highest BCUT2D eigenvalue weighted by atomic mass is 16.3. The number of hydrogen-bond acceptors (Lipinski definition) is 2. The van der Waals surface area contributed by atoms with Gasteiger partial charge in [0.15, 0.2) is 0 Å². The van der Waals surface area contributed by atoms with E-state index in [1.807, 2.05) is 26.1 Å². The molecule has 0 aromatic carbocycles. The molecule has 1 aliphatic carbocycles. The normalized spacial score (nSPS) is 19.2. The third-order valence-electron chi connectivity index (χ3n) is 2.45. The van der Waals surface area contributed by atoms with E-state index in [9.17, 15) is 5.11 Å². The second-order valence-electron chi connectivity index (χ2n) is 3.68. The molecule has 0 aliphatic heterocycles. The van der Waals surface area contributed by atoms with Crippen molar-refractivity contribution in [2.45, 2.75) is 32.3 Å². The topological polar surface area (TPSA) is 33.1 Å². The Balaban J connectivity index is 2.48. The van der Waals surface area contributed by atoms with E-state index in [0.29, 0.717) is 0 Å². The largest absolute Gasteiger partial charge is 0.385 e. The van der Waals surface area contributed by atoms with Crippen LogP contribution in [0, 0.1) is 13.8 Å². The molecule has 2 heteroatoms. The van der Waals surface area contributed by atoms with E-state index in [4.69, 9.17) is 0 Å². The lowest BCUT2D eigenvalue weighted by Gasteiger charge is -2.11. The molecule has 2 rings (SSSR count). The lowest BCUT2D eigenvalue weighted by Crippen LogP contribution is -2.08. The molecule has 1 aromatic rings. The molecule has 0 saturated heterocycles. The molecular formula is C10H13NO. The van der Waals surface area contributed by atoms with Crippen LogP contribution in [0.3, 0.4) is 0 Å². The van der Waals surface area contributed by atoms with E-state index in [2.05, 4.69) is 4.98 Å². The summed E-state index contributed by atoms with van der Waals surface area (Å²) in [4.78, 5) is 4.23. The number of nitrogens with zero attached hydrogens (tertiary/aromatic N) is 1. The molecule has 0 bridgehead atoms. The van der Waals surface area contributed by atoms with E-state index in [-0.39, 0.29) is 0 Å². The Kier molecular flexibility index (Phi) is 1.48. The van der Waals surface area contributed by atoms with Crippen molar-refractivity contribution in [3.8, 4) is 0 Å². The standard InChI is InChI=1S/C10H13NO/c1-7-5-9(8(2)11-6-7)10(12)3-4-10/h5-6,12H,3-4H2,1-2H3. The highest BCUT2D eigenvalue weighted by molar-refractivity contribution is 5.33. The number of pyridine rings is 1. The van der Waals surface area contributed by atoms with Crippen LogP contribution in [0.4, 0.5) is 0 Å². The molecule has 1 N–H and O–H groups in total. The maximum absolute atomic E-state index is 9.87. The zero-order valence-electron chi connectivity index (χ0n) is 7.46. The molecule has 12 heavy (non-hydrogen) atoms. The predicted molar refractivity (Wildman–Crippen MR) is 46.8 cm³/mol. The van der Waals surface area contributed by atoms with Gasteiger partial charge in [0.05, 0.1) is 5.60 Å². The van der Waals surface area contributed by atoms with Crippen LogP contribution in [0.2, 0.25) is 0 Å². The van der Waals surface area contributed by atoms with E-state index in [0.717, 1.165) is 29.7 Å². The maximum Gasteiger partial charge on any atom is 0.0916 e. The molecule has 1 fully saturated rings. The zero-order valence-corrected chi connectivity index (χ0v) is 7.46. The van der Waals surface area contributed by atoms with Gasteiger partial charge in [0.25, 0.3) is 0 Å². The van der Waals surface area contributed by atoms with Crippen LogP contribution in [-0.4, -0.2) is 10.1 Å². The number of aryl methyl sites for hydroxylation is 2. The molecule has 0 radical (unpaired) electrons. The Hall–Kier alpha value is -0.890. The molecule has 1 heterocycles. The maximum atomic E-state index is 9.87. The van der Waals surface area contributed by atoms with Crippen molar-refractivity contribution in [3.05, 3.63) is 29.1 Å². The molecule has 0 spiro atoms. The van der Waals surface area contributed by atoms with Crippen molar-refractivity contribution in [1.82, 2.24) is 4.98 Å². The second kappa shape index (κ2) is 2.30. The monoisotopic (exact) mass is 163 g/mol. The van der Waals surface area contributed by atoms with Gasteiger partial charge >= 0.3 is 0 Å². The van der Waals surface area contributed by atoms with Gasteiger partial charge in [0.1, 0.15) is 0 Å². The minimum atomic E-state index is -0.539. The van der Waals surface area contributed by atoms with Crippen molar-refractivity contribution in [2.24, 2.45) is 0 Å². The second-order valence-corrected chi connectivity index (χ2v) is 3.68. The van der Waals surface area contributed by atoms with Crippen LogP contribution in [0.15, 0.2) is 12.3 Å². The van der Waals surface area contributed by atoms with Crippen molar-refractivity contribution in [1.29, 1.82) is 0 Å². The van der Waals surface area contributed by atoms with Crippen LogP contribution in [-0.2, 0) is 5.60 Å². The van der Waals surface area contributed by atoms with Crippen LogP contribution in [0.25, 0.3) is 0 Å². The molecule has 1 aromatic heterocycles. The van der Waals surface area contributed by atoms with Gasteiger partial charge in [0.2, 0.25) is 0 Å². The lowest BCUT2D eigenvalue weighted by molar-refractivity contribution is 0.150. The Morgan fingerprint density at radius 2 is 2.08 bits per heavy atom. The first kappa shape index (κ1) is 7.74. The summed E-state index contributed by atoms with van der Waals surface area (Å²) in [6.07, 6.45) is 3.61. The van der Waals surface area contributed by atoms with E-state index in [1.54, 1.807) is 0 Å². The third-order valence-corrected chi connectivity index (χ3v) is 2.45. The Morgan fingerprint density at radius 1 is 1.42 bits per heavy atom. The molecule has 1 saturated carbocycles. The summed E-state index contributed by atoms with van der Waals surface area (Å²) in [6, 6.07) is 2.04. The van der Waals surface area contributed by atoms with Gasteiger partial charge in [-0.3, -0.25) is 4.98 Å². The molecule has 0 unspecified atom stereocenters. The van der Waals surface area contributed by atoms with Gasteiger partial charge in [-0.05, 0) is 38.3 Å². The number of aliphatic hydroxyl groups is 1. The quantitative estimate of drug-likeness (QED) is 0.683. The van der Waals surface area contributed by atoms with Gasteiger partial charge in [0, 0.05) is 17.5 Å². The first-order valence-electron chi connectivity index (χ1n) is 4.28. The van der Waals surface area contributed by atoms with Gasteiger partial charge < -0.3 is 5.11 Å². The van der Waals surface area contributed by atoms with Crippen LogP contribution in [0.1, 0.15) is 29.7 Å². The fraction of sp³-hybridized carbons (Fsp3) is 0.500. The minimum Gasteiger partial charge on any atom is -0.385 e. The number of rotatable bonds is 1. The lowest BCUT2D eigenvalue weighted by atomic mass is 10.0. The summed E-state index contributed by atoms with van der Waals surface area (Å²) >= 11 is 0. The summed E-state index contributed by atoms with van der Waals surface area (Å²) < 4.78 is 0. The predicted octanol–water partition coefficient (Wildman–Crippen LogP) is 1.68. The fourth-order valence-electron chi connectivity index (χ4n) is 1.50. The fourth-order valence-corrected chi connectivity index (χ4v) is 1.50. The molecular weight excluding hydrogens is 150 g/mol. The van der Waals surface area contributed by atoms with Gasteiger partial charge in [-0.1, -0.05) is 0 Å². The van der Waals surface area contributed by atoms with Crippen LogP contribution in [0.5, 0.6) is 0 Å². The molecule has 2 nitrogen and oxygen atoms in total. The van der Waals surface area contributed by atoms with Crippen molar-refractivity contribution < 1.29 is 5.11 Å². The highest BCUT2D eigenvalue weighted by Gasteiger charge is 2.43.